The Morgan fingerprint density at radius 3 is 2.86 bits per heavy atom. The minimum absolute atomic E-state index is 0.215. The van der Waals surface area contributed by atoms with Gasteiger partial charge in [-0.2, -0.15) is 0 Å². The summed E-state index contributed by atoms with van der Waals surface area (Å²) in [6.45, 7) is 0.713. The van der Waals surface area contributed by atoms with Crippen molar-refractivity contribution in [1.29, 1.82) is 0 Å². The summed E-state index contributed by atoms with van der Waals surface area (Å²) in [6, 6.07) is 5.42. The van der Waals surface area contributed by atoms with Gasteiger partial charge in [-0.3, -0.25) is 0 Å². The lowest BCUT2D eigenvalue weighted by Gasteiger charge is -2.22. The summed E-state index contributed by atoms with van der Waals surface area (Å²) < 4.78 is 11.3. The third kappa shape index (κ3) is 3.82. The predicted molar refractivity (Wildman–Crippen MR) is 82.3 cm³/mol. The van der Waals surface area contributed by atoms with Crippen LogP contribution < -0.4 is 10.1 Å². The smallest absolute Gasteiger partial charge is 0.121 e. The van der Waals surface area contributed by atoms with Crippen LogP contribution in [-0.2, 0) is 4.74 Å². The molecule has 2 N–H and O–H groups in total. The SMILES string of the molecule is OC(CNC1CC2CCC1O2)COc1ccc(Cl)c(Cl)c1. The molecule has 2 aliphatic heterocycles. The van der Waals surface area contributed by atoms with Crippen molar-refractivity contribution in [3.63, 3.8) is 0 Å². The number of halogens is 2. The second-order valence-corrected chi connectivity index (χ2v) is 6.48. The molecule has 6 heteroatoms. The number of fused-ring (bicyclic) bond motifs is 2. The minimum atomic E-state index is -0.571. The Bertz CT molecular complexity index is 500. The highest BCUT2D eigenvalue weighted by Gasteiger charge is 2.40. The molecule has 0 spiro atoms. The number of nitrogens with one attached hydrogen (secondary N) is 1. The first kappa shape index (κ1) is 15.4. The van der Waals surface area contributed by atoms with Crippen molar-refractivity contribution < 1.29 is 14.6 Å². The van der Waals surface area contributed by atoms with Crippen molar-refractivity contribution in [2.45, 2.75) is 43.6 Å². The highest BCUT2D eigenvalue weighted by Crippen LogP contribution is 2.34. The molecule has 21 heavy (non-hydrogen) atoms. The Morgan fingerprint density at radius 1 is 1.33 bits per heavy atom. The number of aliphatic hydroxyl groups is 1. The van der Waals surface area contributed by atoms with Crippen LogP contribution in [-0.4, -0.2) is 42.6 Å². The highest BCUT2D eigenvalue weighted by atomic mass is 35.5. The van der Waals surface area contributed by atoms with Gasteiger partial charge in [0.2, 0.25) is 0 Å². The summed E-state index contributed by atoms with van der Waals surface area (Å²) in [6.07, 6.45) is 3.50. The molecule has 0 radical (unpaired) electrons. The Hall–Kier alpha value is -0.520. The lowest BCUT2D eigenvalue weighted by Crippen LogP contribution is -2.42. The normalized spacial score (nSPS) is 28.8. The molecule has 3 rings (SSSR count). The molecule has 0 aromatic heterocycles. The summed E-state index contributed by atoms with van der Waals surface area (Å²) >= 11 is 11.7. The van der Waals surface area contributed by atoms with Crippen molar-refractivity contribution in [2.75, 3.05) is 13.2 Å². The number of aliphatic hydroxyl groups excluding tert-OH is 1. The average molecular weight is 332 g/mol. The molecule has 2 saturated heterocycles. The fourth-order valence-corrected chi connectivity index (χ4v) is 3.25. The van der Waals surface area contributed by atoms with Crippen LogP contribution in [0.25, 0.3) is 0 Å². The van der Waals surface area contributed by atoms with E-state index in [1.54, 1.807) is 18.2 Å². The summed E-state index contributed by atoms with van der Waals surface area (Å²) in [5.41, 5.74) is 0. The quantitative estimate of drug-likeness (QED) is 0.841. The molecule has 4 atom stereocenters. The zero-order chi connectivity index (χ0) is 14.8. The number of ether oxygens (including phenoxy) is 2. The van der Waals surface area contributed by atoms with E-state index in [4.69, 9.17) is 32.7 Å². The Labute approximate surface area is 134 Å². The van der Waals surface area contributed by atoms with Crippen molar-refractivity contribution in [1.82, 2.24) is 5.32 Å². The molecule has 4 nitrogen and oxygen atoms in total. The maximum atomic E-state index is 9.98. The number of rotatable bonds is 6. The van der Waals surface area contributed by atoms with Gasteiger partial charge in [-0.05, 0) is 31.4 Å². The second kappa shape index (κ2) is 6.71. The third-order valence-corrected chi connectivity index (χ3v) is 4.79. The first-order chi connectivity index (χ1) is 10.1. The maximum Gasteiger partial charge on any atom is 0.121 e. The van der Waals surface area contributed by atoms with Crippen LogP contribution >= 0.6 is 23.2 Å². The van der Waals surface area contributed by atoms with E-state index in [9.17, 15) is 5.11 Å². The van der Waals surface area contributed by atoms with Gasteiger partial charge >= 0.3 is 0 Å². The van der Waals surface area contributed by atoms with E-state index in [1.807, 2.05) is 0 Å². The molecule has 4 unspecified atom stereocenters. The second-order valence-electron chi connectivity index (χ2n) is 5.67. The highest BCUT2D eigenvalue weighted by molar-refractivity contribution is 6.42. The van der Waals surface area contributed by atoms with Gasteiger partial charge in [0.25, 0.3) is 0 Å². The molecule has 0 saturated carbocycles. The minimum Gasteiger partial charge on any atom is -0.491 e. The molecule has 2 aliphatic rings. The van der Waals surface area contributed by atoms with Crippen molar-refractivity contribution in [2.24, 2.45) is 0 Å². The monoisotopic (exact) mass is 331 g/mol. The van der Waals surface area contributed by atoms with Gasteiger partial charge in [0.15, 0.2) is 0 Å². The fourth-order valence-electron chi connectivity index (χ4n) is 2.96. The van der Waals surface area contributed by atoms with Crippen LogP contribution in [0.2, 0.25) is 10.0 Å². The van der Waals surface area contributed by atoms with E-state index in [2.05, 4.69) is 5.32 Å². The molecule has 2 heterocycles. The van der Waals surface area contributed by atoms with Crippen LogP contribution in [0.15, 0.2) is 18.2 Å². The lowest BCUT2D eigenvalue weighted by molar-refractivity contribution is 0.0853. The molecule has 2 fully saturated rings. The van der Waals surface area contributed by atoms with E-state index in [0.717, 1.165) is 12.8 Å². The molecular formula is C15H19Cl2NO3. The van der Waals surface area contributed by atoms with E-state index < -0.39 is 6.10 Å². The predicted octanol–water partition coefficient (Wildman–Crippen LogP) is 2.64. The molecule has 1 aromatic carbocycles. The van der Waals surface area contributed by atoms with Gasteiger partial charge in [0.1, 0.15) is 18.5 Å². The molecule has 116 valence electrons. The number of benzene rings is 1. The van der Waals surface area contributed by atoms with Crippen LogP contribution in [0.4, 0.5) is 0 Å². The first-order valence-electron chi connectivity index (χ1n) is 7.26. The van der Waals surface area contributed by atoms with Crippen LogP contribution in [0.1, 0.15) is 19.3 Å². The van der Waals surface area contributed by atoms with Gasteiger partial charge in [-0.25, -0.2) is 0 Å². The van der Waals surface area contributed by atoms with Gasteiger partial charge in [0, 0.05) is 18.7 Å². The summed E-state index contributed by atoms with van der Waals surface area (Å²) in [5.74, 6) is 0.603. The zero-order valence-corrected chi connectivity index (χ0v) is 13.1. The third-order valence-electron chi connectivity index (χ3n) is 4.06. The van der Waals surface area contributed by atoms with Crippen LogP contribution in [0.5, 0.6) is 5.75 Å². The van der Waals surface area contributed by atoms with Crippen LogP contribution in [0.3, 0.4) is 0 Å². The van der Waals surface area contributed by atoms with Gasteiger partial charge in [-0.1, -0.05) is 23.2 Å². The maximum absolute atomic E-state index is 9.98. The Morgan fingerprint density at radius 2 is 2.19 bits per heavy atom. The molecular weight excluding hydrogens is 313 g/mol. The Balaban J connectivity index is 1.40. The summed E-state index contributed by atoms with van der Waals surface area (Å²) in [5, 5.41) is 14.3. The van der Waals surface area contributed by atoms with Crippen molar-refractivity contribution in [3.8, 4) is 5.75 Å². The number of hydrogen-bond acceptors (Lipinski definition) is 4. The summed E-state index contributed by atoms with van der Waals surface area (Å²) in [7, 11) is 0. The molecule has 0 aliphatic carbocycles. The summed E-state index contributed by atoms with van der Waals surface area (Å²) in [4.78, 5) is 0. The van der Waals surface area contributed by atoms with Gasteiger partial charge < -0.3 is 19.9 Å². The topological polar surface area (TPSA) is 50.7 Å². The van der Waals surface area contributed by atoms with E-state index in [0.29, 0.717) is 40.6 Å². The van der Waals surface area contributed by atoms with Crippen molar-refractivity contribution >= 4 is 23.2 Å². The lowest BCUT2D eigenvalue weighted by atomic mass is 9.95. The number of hydrogen-bond donors (Lipinski definition) is 2. The largest absolute Gasteiger partial charge is 0.491 e. The fraction of sp³-hybridized carbons (Fsp3) is 0.600. The van der Waals surface area contributed by atoms with E-state index in [1.165, 1.54) is 6.42 Å². The first-order valence-corrected chi connectivity index (χ1v) is 8.02. The van der Waals surface area contributed by atoms with E-state index in [-0.39, 0.29) is 6.61 Å². The molecule has 1 aromatic rings. The van der Waals surface area contributed by atoms with Crippen molar-refractivity contribution in [3.05, 3.63) is 28.2 Å². The standard InChI is InChI=1S/C15H19Cl2NO3/c16-12-3-1-10(5-13(12)17)20-8-9(19)7-18-14-6-11-2-4-15(14)21-11/h1,3,5,9,11,14-15,18-19H,2,4,6-8H2. The van der Waals surface area contributed by atoms with Gasteiger partial charge in [-0.15, -0.1) is 0 Å². The Kier molecular flexibility index (Phi) is 4.92. The average Bonchev–Trinajstić information content (AvgIpc) is 3.09. The zero-order valence-electron chi connectivity index (χ0n) is 11.6. The molecule has 0 amide bonds. The molecule has 2 bridgehead atoms. The van der Waals surface area contributed by atoms with Crippen LogP contribution in [0, 0.1) is 0 Å². The van der Waals surface area contributed by atoms with Gasteiger partial charge in [0.05, 0.1) is 22.3 Å². The van der Waals surface area contributed by atoms with E-state index >= 15 is 0 Å².